The highest BCUT2D eigenvalue weighted by atomic mass is 28.4. The third-order valence-corrected chi connectivity index (χ3v) is 7.50. The van der Waals surface area contributed by atoms with Crippen LogP contribution in [0.5, 0.6) is 0 Å². The fraction of sp³-hybridized carbons (Fsp3) is 0.789. The monoisotopic (exact) mass is 326 g/mol. The highest BCUT2D eigenvalue weighted by molar-refractivity contribution is 6.66. The maximum Gasteiger partial charge on any atom is 0.334 e. The van der Waals surface area contributed by atoms with Crippen LogP contribution in [-0.4, -0.2) is 21.8 Å². The van der Waals surface area contributed by atoms with Crippen molar-refractivity contribution in [2.75, 3.05) is 13.2 Å². The Labute approximate surface area is 140 Å². The summed E-state index contributed by atoms with van der Waals surface area (Å²) in [6.45, 7) is 20.3. The van der Waals surface area contributed by atoms with Gasteiger partial charge in [-0.3, -0.25) is 0 Å². The number of hydrogen-bond acceptors (Lipinski definition) is 2. The van der Waals surface area contributed by atoms with Gasteiger partial charge in [-0.05, 0) is 69.9 Å². The van der Waals surface area contributed by atoms with E-state index in [1.165, 1.54) is 25.7 Å². The SMILES string of the molecule is C=CC(C)CC(CC[Si](C)(OCC)OCC)CC(C=C)CC. The molecule has 130 valence electrons. The quantitative estimate of drug-likeness (QED) is 0.290. The van der Waals surface area contributed by atoms with Crippen molar-refractivity contribution < 1.29 is 8.85 Å². The molecule has 2 nitrogen and oxygen atoms in total. The van der Waals surface area contributed by atoms with Crippen LogP contribution in [-0.2, 0) is 8.85 Å². The lowest BCUT2D eigenvalue weighted by Crippen LogP contribution is -2.39. The average molecular weight is 327 g/mol. The Kier molecular flexibility index (Phi) is 11.9. The molecule has 0 saturated carbocycles. The molecule has 0 saturated heterocycles. The highest BCUT2D eigenvalue weighted by Crippen LogP contribution is 2.30. The third kappa shape index (κ3) is 8.91. The van der Waals surface area contributed by atoms with Crippen molar-refractivity contribution in [2.45, 2.75) is 66.0 Å². The average Bonchev–Trinajstić information content (AvgIpc) is 2.50. The minimum atomic E-state index is -2.00. The zero-order valence-corrected chi connectivity index (χ0v) is 16.6. The van der Waals surface area contributed by atoms with Gasteiger partial charge >= 0.3 is 8.56 Å². The van der Waals surface area contributed by atoms with Crippen molar-refractivity contribution in [1.82, 2.24) is 0 Å². The van der Waals surface area contributed by atoms with Crippen LogP contribution in [0.2, 0.25) is 12.6 Å². The van der Waals surface area contributed by atoms with E-state index in [0.29, 0.717) is 17.8 Å². The molecular weight excluding hydrogens is 288 g/mol. The van der Waals surface area contributed by atoms with E-state index < -0.39 is 8.56 Å². The van der Waals surface area contributed by atoms with Gasteiger partial charge in [-0.15, -0.1) is 13.2 Å². The normalized spacial score (nSPS) is 16.0. The summed E-state index contributed by atoms with van der Waals surface area (Å²) in [7, 11) is -2.00. The Morgan fingerprint density at radius 3 is 2.00 bits per heavy atom. The third-order valence-electron chi connectivity index (χ3n) is 4.51. The standard InChI is InChI=1S/C19H38O2Si/c1-8-17(6)15-19(16-18(9-2)10-3)13-14-22(7,20-11-4)21-12-5/h8-9,17-19H,1-2,10-16H2,3-7H3. The minimum absolute atomic E-state index is 0.569. The zero-order chi connectivity index (χ0) is 17.0. The first kappa shape index (κ1) is 21.6. The summed E-state index contributed by atoms with van der Waals surface area (Å²) in [6.07, 6.45) is 8.98. The molecule has 0 aromatic carbocycles. The molecule has 0 aliphatic rings. The Bertz CT molecular complexity index is 298. The summed E-state index contributed by atoms with van der Waals surface area (Å²) in [5, 5.41) is 0. The summed E-state index contributed by atoms with van der Waals surface area (Å²) in [5.41, 5.74) is 0. The molecule has 0 amide bonds. The van der Waals surface area contributed by atoms with Gasteiger partial charge in [-0.1, -0.05) is 26.0 Å². The van der Waals surface area contributed by atoms with Crippen molar-refractivity contribution in [2.24, 2.45) is 17.8 Å². The van der Waals surface area contributed by atoms with Crippen LogP contribution >= 0.6 is 0 Å². The van der Waals surface area contributed by atoms with Crippen LogP contribution in [0, 0.1) is 17.8 Å². The van der Waals surface area contributed by atoms with Crippen molar-refractivity contribution >= 4 is 8.56 Å². The topological polar surface area (TPSA) is 18.5 Å². The van der Waals surface area contributed by atoms with Crippen molar-refractivity contribution in [1.29, 1.82) is 0 Å². The van der Waals surface area contributed by atoms with Gasteiger partial charge in [0.1, 0.15) is 0 Å². The van der Waals surface area contributed by atoms with Gasteiger partial charge < -0.3 is 8.85 Å². The van der Waals surface area contributed by atoms with E-state index >= 15 is 0 Å². The maximum absolute atomic E-state index is 5.99. The fourth-order valence-electron chi connectivity index (χ4n) is 3.07. The van der Waals surface area contributed by atoms with Crippen molar-refractivity contribution in [3.63, 3.8) is 0 Å². The first-order valence-electron chi connectivity index (χ1n) is 8.97. The van der Waals surface area contributed by atoms with Crippen LogP contribution in [0.25, 0.3) is 0 Å². The molecule has 0 radical (unpaired) electrons. The van der Waals surface area contributed by atoms with Gasteiger partial charge in [0.2, 0.25) is 0 Å². The minimum Gasteiger partial charge on any atom is -0.395 e. The van der Waals surface area contributed by atoms with Gasteiger partial charge in [0, 0.05) is 13.2 Å². The summed E-state index contributed by atoms with van der Waals surface area (Å²) < 4.78 is 12.0. The van der Waals surface area contributed by atoms with Crippen molar-refractivity contribution in [3.05, 3.63) is 25.3 Å². The second-order valence-electron chi connectivity index (χ2n) is 6.49. The van der Waals surface area contributed by atoms with Crippen LogP contribution in [0.3, 0.4) is 0 Å². The molecule has 3 heteroatoms. The van der Waals surface area contributed by atoms with Gasteiger partial charge in [-0.2, -0.15) is 0 Å². The second-order valence-corrected chi connectivity index (χ2v) is 9.84. The van der Waals surface area contributed by atoms with Crippen LogP contribution in [0.4, 0.5) is 0 Å². The van der Waals surface area contributed by atoms with Gasteiger partial charge in [0.05, 0.1) is 0 Å². The molecular formula is C19H38O2Si. The Morgan fingerprint density at radius 2 is 1.59 bits per heavy atom. The Balaban J connectivity index is 4.72. The van der Waals surface area contributed by atoms with E-state index in [1.807, 2.05) is 0 Å². The van der Waals surface area contributed by atoms with Crippen molar-refractivity contribution in [3.8, 4) is 0 Å². The summed E-state index contributed by atoms with van der Waals surface area (Å²) in [6, 6.07) is 1.08. The predicted octanol–water partition coefficient (Wildman–Crippen LogP) is 5.95. The fourth-order valence-corrected chi connectivity index (χ4v) is 5.60. The molecule has 3 unspecified atom stereocenters. The molecule has 0 fully saturated rings. The molecule has 0 aromatic heterocycles. The molecule has 0 bridgehead atoms. The number of hydrogen-bond donors (Lipinski definition) is 0. The molecule has 0 rings (SSSR count). The van der Waals surface area contributed by atoms with Gasteiger partial charge in [-0.25, -0.2) is 0 Å². The molecule has 0 aliphatic carbocycles. The second kappa shape index (κ2) is 12.1. The molecule has 3 atom stereocenters. The van der Waals surface area contributed by atoms with E-state index in [4.69, 9.17) is 8.85 Å². The van der Waals surface area contributed by atoms with Gasteiger partial charge in [0.15, 0.2) is 0 Å². The summed E-state index contributed by atoms with van der Waals surface area (Å²) in [5.74, 6) is 1.89. The number of rotatable bonds is 14. The van der Waals surface area contributed by atoms with Gasteiger partial charge in [0.25, 0.3) is 0 Å². The summed E-state index contributed by atoms with van der Waals surface area (Å²) in [4.78, 5) is 0. The summed E-state index contributed by atoms with van der Waals surface area (Å²) >= 11 is 0. The molecule has 22 heavy (non-hydrogen) atoms. The van der Waals surface area contributed by atoms with E-state index in [1.54, 1.807) is 0 Å². The molecule has 0 heterocycles. The lowest BCUT2D eigenvalue weighted by Gasteiger charge is -2.29. The van der Waals surface area contributed by atoms with E-state index in [2.05, 4.69) is 59.6 Å². The largest absolute Gasteiger partial charge is 0.395 e. The number of allylic oxidation sites excluding steroid dienone is 2. The predicted molar refractivity (Wildman–Crippen MR) is 100 cm³/mol. The molecule has 0 aliphatic heterocycles. The molecule has 0 spiro atoms. The first-order chi connectivity index (χ1) is 10.4. The van der Waals surface area contributed by atoms with Crippen LogP contribution in [0.15, 0.2) is 25.3 Å². The van der Waals surface area contributed by atoms with Crippen LogP contribution < -0.4 is 0 Å². The molecule has 0 aromatic rings. The smallest absolute Gasteiger partial charge is 0.334 e. The first-order valence-corrected chi connectivity index (χ1v) is 11.5. The Morgan fingerprint density at radius 1 is 1.00 bits per heavy atom. The highest BCUT2D eigenvalue weighted by Gasteiger charge is 2.31. The zero-order valence-electron chi connectivity index (χ0n) is 15.6. The Hall–Kier alpha value is -0.383. The van der Waals surface area contributed by atoms with E-state index in [-0.39, 0.29) is 0 Å². The van der Waals surface area contributed by atoms with E-state index in [9.17, 15) is 0 Å². The van der Waals surface area contributed by atoms with E-state index in [0.717, 1.165) is 19.3 Å². The lowest BCUT2D eigenvalue weighted by molar-refractivity contribution is 0.184. The molecule has 0 N–H and O–H groups in total. The maximum atomic E-state index is 5.99. The lowest BCUT2D eigenvalue weighted by atomic mass is 9.85. The van der Waals surface area contributed by atoms with Crippen LogP contribution in [0.1, 0.15) is 53.4 Å².